The predicted molar refractivity (Wildman–Crippen MR) is 61.6 cm³/mol. The molecule has 2 unspecified atom stereocenters. The number of hydrogen-bond acceptors (Lipinski definition) is 3. The molecule has 0 aromatic heterocycles. The monoisotopic (exact) mass is 200 g/mol. The van der Waals surface area contributed by atoms with Crippen molar-refractivity contribution in [2.45, 2.75) is 25.9 Å². The first-order valence-electron chi connectivity index (χ1n) is 5.16. The molecule has 0 aliphatic rings. The van der Waals surface area contributed by atoms with Gasteiger partial charge in [0.15, 0.2) is 0 Å². The molecule has 14 heavy (non-hydrogen) atoms. The maximum absolute atomic E-state index is 5.12. The summed E-state index contributed by atoms with van der Waals surface area (Å²) in [7, 11) is 3.87. The highest BCUT2D eigenvalue weighted by atomic mass is 16.5. The number of nitrogens with zero attached hydrogens (tertiary/aromatic N) is 1. The van der Waals surface area contributed by atoms with Gasteiger partial charge in [-0.05, 0) is 20.9 Å². The SMILES string of the molecule is C=CCNCC(C)N(C)C(C)COC. The molecular weight excluding hydrogens is 176 g/mol. The first-order valence-corrected chi connectivity index (χ1v) is 5.16. The molecule has 0 bridgehead atoms. The van der Waals surface area contributed by atoms with Crippen LogP contribution in [0.2, 0.25) is 0 Å². The number of hydrogen-bond donors (Lipinski definition) is 1. The molecule has 0 heterocycles. The van der Waals surface area contributed by atoms with Gasteiger partial charge in [0.2, 0.25) is 0 Å². The summed E-state index contributed by atoms with van der Waals surface area (Å²) in [6.45, 7) is 10.7. The lowest BCUT2D eigenvalue weighted by Crippen LogP contribution is -2.44. The van der Waals surface area contributed by atoms with E-state index in [1.54, 1.807) is 7.11 Å². The molecule has 0 aromatic rings. The van der Waals surface area contributed by atoms with Gasteiger partial charge in [0.1, 0.15) is 0 Å². The zero-order valence-corrected chi connectivity index (χ0v) is 9.92. The lowest BCUT2D eigenvalue weighted by atomic mass is 10.2. The molecule has 1 N–H and O–H groups in total. The van der Waals surface area contributed by atoms with Crippen LogP contribution >= 0.6 is 0 Å². The first-order chi connectivity index (χ1) is 6.63. The van der Waals surface area contributed by atoms with E-state index in [-0.39, 0.29) is 0 Å². The standard InChI is InChI=1S/C11H24N2O/c1-6-7-12-8-10(2)13(4)11(3)9-14-5/h6,10-12H,1,7-9H2,2-5H3. The summed E-state index contributed by atoms with van der Waals surface area (Å²) in [5.41, 5.74) is 0. The fourth-order valence-electron chi connectivity index (χ4n) is 1.33. The van der Waals surface area contributed by atoms with E-state index in [2.05, 4.69) is 37.7 Å². The van der Waals surface area contributed by atoms with Crippen molar-refractivity contribution >= 4 is 0 Å². The van der Waals surface area contributed by atoms with Crippen LogP contribution in [0.3, 0.4) is 0 Å². The fourth-order valence-corrected chi connectivity index (χ4v) is 1.33. The lowest BCUT2D eigenvalue weighted by Gasteiger charge is -2.30. The van der Waals surface area contributed by atoms with Crippen LogP contribution < -0.4 is 5.32 Å². The molecule has 84 valence electrons. The highest BCUT2D eigenvalue weighted by Gasteiger charge is 2.14. The summed E-state index contributed by atoms with van der Waals surface area (Å²) < 4.78 is 5.12. The van der Waals surface area contributed by atoms with E-state index in [0.29, 0.717) is 12.1 Å². The van der Waals surface area contributed by atoms with E-state index in [4.69, 9.17) is 4.74 Å². The van der Waals surface area contributed by atoms with Gasteiger partial charge in [-0.3, -0.25) is 4.90 Å². The van der Waals surface area contributed by atoms with Crippen LogP contribution in [0.1, 0.15) is 13.8 Å². The van der Waals surface area contributed by atoms with Crippen LogP contribution in [0.15, 0.2) is 12.7 Å². The quantitative estimate of drug-likeness (QED) is 0.469. The Morgan fingerprint density at radius 2 is 2.07 bits per heavy atom. The topological polar surface area (TPSA) is 24.5 Å². The Bertz CT molecular complexity index is 150. The summed E-state index contributed by atoms with van der Waals surface area (Å²) in [6.07, 6.45) is 1.88. The second-order valence-electron chi connectivity index (χ2n) is 3.77. The average Bonchev–Trinajstić information content (AvgIpc) is 2.17. The third-order valence-corrected chi connectivity index (χ3v) is 2.53. The van der Waals surface area contributed by atoms with Crippen molar-refractivity contribution in [2.24, 2.45) is 0 Å². The third-order valence-electron chi connectivity index (χ3n) is 2.53. The molecule has 0 spiro atoms. The van der Waals surface area contributed by atoms with Crippen LogP contribution in [0, 0.1) is 0 Å². The van der Waals surface area contributed by atoms with Gasteiger partial charge in [0.05, 0.1) is 6.61 Å². The normalized spacial score (nSPS) is 15.5. The smallest absolute Gasteiger partial charge is 0.0615 e. The van der Waals surface area contributed by atoms with Crippen molar-refractivity contribution in [3.05, 3.63) is 12.7 Å². The minimum Gasteiger partial charge on any atom is -0.383 e. The minimum atomic E-state index is 0.459. The van der Waals surface area contributed by atoms with Crippen LogP contribution in [0.4, 0.5) is 0 Å². The molecule has 3 nitrogen and oxygen atoms in total. The Morgan fingerprint density at radius 3 is 2.57 bits per heavy atom. The van der Waals surface area contributed by atoms with E-state index in [1.165, 1.54) is 0 Å². The highest BCUT2D eigenvalue weighted by molar-refractivity contribution is 4.75. The van der Waals surface area contributed by atoms with E-state index in [9.17, 15) is 0 Å². The van der Waals surface area contributed by atoms with Gasteiger partial charge in [0, 0.05) is 32.3 Å². The molecule has 0 aliphatic heterocycles. The molecule has 3 heteroatoms. The van der Waals surface area contributed by atoms with Gasteiger partial charge < -0.3 is 10.1 Å². The Hall–Kier alpha value is -0.380. The number of methoxy groups -OCH3 is 1. The summed E-state index contributed by atoms with van der Waals surface area (Å²) in [6, 6.07) is 0.973. The third kappa shape index (κ3) is 5.37. The minimum absolute atomic E-state index is 0.459. The predicted octanol–water partition coefficient (Wildman–Crippen LogP) is 1.12. The number of likely N-dealkylation sites (N-methyl/N-ethyl adjacent to an activating group) is 1. The highest BCUT2D eigenvalue weighted by Crippen LogP contribution is 2.01. The Labute approximate surface area is 88.1 Å². The molecule has 0 saturated heterocycles. The molecule has 0 rings (SSSR count). The molecule has 2 atom stereocenters. The fraction of sp³-hybridized carbons (Fsp3) is 0.818. The summed E-state index contributed by atoms with van der Waals surface area (Å²) in [5.74, 6) is 0. The van der Waals surface area contributed by atoms with Crippen LogP contribution in [-0.2, 0) is 4.74 Å². The Morgan fingerprint density at radius 1 is 1.43 bits per heavy atom. The van der Waals surface area contributed by atoms with Crippen LogP contribution in [0.5, 0.6) is 0 Å². The van der Waals surface area contributed by atoms with Crippen molar-refractivity contribution in [1.82, 2.24) is 10.2 Å². The van der Waals surface area contributed by atoms with Crippen LogP contribution in [0.25, 0.3) is 0 Å². The Balaban J connectivity index is 3.73. The van der Waals surface area contributed by atoms with Gasteiger partial charge in [-0.1, -0.05) is 6.08 Å². The second-order valence-corrected chi connectivity index (χ2v) is 3.77. The van der Waals surface area contributed by atoms with Crippen LogP contribution in [-0.4, -0.2) is 50.8 Å². The van der Waals surface area contributed by atoms with E-state index in [1.807, 2.05) is 6.08 Å². The molecule has 0 aliphatic carbocycles. The number of nitrogens with one attached hydrogen (secondary N) is 1. The first kappa shape index (κ1) is 13.6. The largest absolute Gasteiger partial charge is 0.383 e. The maximum atomic E-state index is 5.12. The van der Waals surface area contributed by atoms with Gasteiger partial charge in [-0.15, -0.1) is 6.58 Å². The van der Waals surface area contributed by atoms with E-state index < -0.39 is 0 Å². The number of ether oxygens (including phenoxy) is 1. The zero-order valence-electron chi connectivity index (χ0n) is 9.92. The van der Waals surface area contributed by atoms with Gasteiger partial charge in [-0.2, -0.15) is 0 Å². The molecule has 0 fully saturated rings. The second kappa shape index (κ2) is 7.97. The van der Waals surface area contributed by atoms with Crippen molar-refractivity contribution < 1.29 is 4.74 Å². The lowest BCUT2D eigenvalue weighted by molar-refractivity contribution is 0.0938. The summed E-state index contributed by atoms with van der Waals surface area (Å²) in [5, 5.41) is 3.31. The summed E-state index contributed by atoms with van der Waals surface area (Å²) in [4.78, 5) is 2.32. The molecular formula is C11H24N2O. The summed E-state index contributed by atoms with van der Waals surface area (Å²) >= 11 is 0. The number of rotatable bonds is 8. The molecule has 0 aromatic carbocycles. The van der Waals surface area contributed by atoms with Gasteiger partial charge in [0.25, 0.3) is 0 Å². The average molecular weight is 200 g/mol. The van der Waals surface area contributed by atoms with E-state index >= 15 is 0 Å². The van der Waals surface area contributed by atoms with Crippen molar-refractivity contribution in [1.29, 1.82) is 0 Å². The van der Waals surface area contributed by atoms with Crippen molar-refractivity contribution in [3.63, 3.8) is 0 Å². The Kier molecular flexibility index (Phi) is 7.76. The molecule has 0 saturated carbocycles. The van der Waals surface area contributed by atoms with Gasteiger partial charge in [-0.25, -0.2) is 0 Å². The molecule has 0 radical (unpaired) electrons. The van der Waals surface area contributed by atoms with Gasteiger partial charge >= 0.3 is 0 Å². The zero-order chi connectivity index (χ0) is 11.0. The van der Waals surface area contributed by atoms with Crippen molar-refractivity contribution in [3.8, 4) is 0 Å². The molecule has 0 amide bonds. The van der Waals surface area contributed by atoms with E-state index in [0.717, 1.165) is 19.7 Å². The maximum Gasteiger partial charge on any atom is 0.0615 e. The van der Waals surface area contributed by atoms with Crippen molar-refractivity contribution in [2.75, 3.05) is 33.9 Å².